The smallest absolute Gasteiger partial charge is 0.242 e. The van der Waals surface area contributed by atoms with Crippen molar-refractivity contribution in [1.29, 1.82) is 0 Å². The molecule has 0 amide bonds. The van der Waals surface area contributed by atoms with Crippen molar-refractivity contribution < 1.29 is 13.5 Å². The van der Waals surface area contributed by atoms with Gasteiger partial charge in [0, 0.05) is 11.6 Å². The van der Waals surface area contributed by atoms with Gasteiger partial charge in [-0.05, 0) is 24.1 Å². The first kappa shape index (κ1) is 16.7. The summed E-state index contributed by atoms with van der Waals surface area (Å²) in [6.07, 6.45) is 2.74. The number of hydrogen-bond donors (Lipinski definition) is 2. The van der Waals surface area contributed by atoms with Gasteiger partial charge in [-0.3, -0.25) is 0 Å². The maximum Gasteiger partial charge on any atom is 0.242 e. The minimum absolute atomic E-state index is 0.0465. The molecule has 108 valence electrons. The van der Waals surface area contributed by atoms with Crippen LogP contribution in [0, 0.1) is 0 Å². The van der Waals surface area contributed by atoms with Crippen molar-refractivity contribution in [3.05, 3.63) is 27.7 Å². The topological polar surface area (TPSA) is 66.4 Å². The number of benzene rings is 1. The largest absolute Gasteiger partial charge is 0.392 e. The van der Waals surface area contributed by atoms with Gasteiger partial charge in [-0.2, -0.15) is 0 Å². The molecule has 0 unspecified atom stereocenters. The molecule has 2 N–H and O–H groups in total. The Morgan fingerprint density at radius 3 is 2.47 bits per heavy atom. The van der Waals surface area contributed by atoms with Gasteiger partial charge in [0.05, 0.1) is 11.6 Å². The third-order valence-electron chi connectivity index (χ3n) is 2.63. The molecule has 0 saturated heterocycles. The lowest BCUT2D eigenvalue weighted by atomic mass is 10.2. The summed E-state index contributed by atoms with van der Waals surface area (Å²) < 4.78 is 26.6. The molecule has 19 heavy (non-hydrogen) atoms. The Hall–Kier alpha value is -0.330. The zero-order valence-corrected chi connectivity index (χ0v) is 12.9. The van der Waals surface area contributed by atoms with E-state index in [4.69, 9.17) is 28.3 Å². The van der Waals surface area contributed by atoms with E-state index < -0.39 is 10.0 Å². The van der Waals surface area contributed by atoms with Gasteiger partial charge in [0.25, 0.3) is 0 Å². The van der Waals surface area contributed by atoms with Gasteiger partial charge in [-0.25, -0.2) is 13.1 Å². The molecule has 0 spiro atoms. The van der Waals surface area contributed by atoms with Crippen molar-refractivity contribution in [2.45, 2.75) is 37.7 Å². The monoisotopic (exact) mass is 325 g/mol. The molecule has 0 heterocycles. The zero-order chi connectivity index (χ0) is 14.5. The number of nitrogens with one attached hydrogen (secondary N) is 1. The Morgan fingerprint density at radius 1 is 1.21 bits per heavy atom. The van der Waals surface area contributed by atoms with Crippen molar-refractivity contribution in [3.63, 3.8) is 0 Å². The fourth-order valence-corrected chi connectivity index (χ4v) is 3.49. The van der Waals surface area contributed by atoms with Crippen LogP contribution in [0.2, 0.25) is 10.0 Å². The van der Waals surface area contributed by atoms with Crippen molar-refractivity contribution >= 4 is 33.2 Å². The Kier molecular flexibility index (Phi) is 6.56. The van der Waals surface area contributed by atoms with Crippen molar-refractivity contribution in [2.75, 3.05) is 6.54 Å². The summed E-state index contributed by atoms with van der Waals surface area (Å²) in [4.78, 5) is -0.0564. The van der Waals surface area contributed by atoms with E-state index in [1.165, 1.54) is 12.1 Å². The summed E-state index contributed by atoms with van der Waals surface area (Å²) in [7, 11) is -3.67. The van der Waals surface area contributed by atoms with Crippen LogP contribution in [0.3, 0.4) is 0 Å². The van der Waals surface area contributed by atoms with Crippen LogP contribution in [-0.2, 0) is 16.6 Å². The molecule has 1 rings (SSSR count). The number of unbranched alkanes of at least 4 members (excludes halogenated alkanes) is 2. The molecule has 4 nitrogen and oxygen atoms in total. The van der Waals surface area contributed by atoms with E-state index in [1.807, 2.05) is 6.92 Å². The van der Waals surface area contributed by atoms with Crippen LogP contribution < -0.4 is 4.72 Å². The summed E-state index contributed by atoms with van der Waals surface area (Å²) >= 11 is 11.7. The fourth-order valence-electron chi connectivity index (χ4n) is 1.56. The maximum absolute atomic E-state index is 12.1. The summed E-state index contributed by atoms with van der Waals surface area (Å²) in [5.41, 5.74) is 0.333. The highest BCUT2D eigenvalue weighted by atomic mass is 35.5. The second-order valence-electron chi connectivity index (χ2n) is 4.14. The molecular weight excluding hydrogens is 309 g/mol. The maximum atomic E-state index is 12.1. The molecule has 0 aliphatic rings. The second-order valence-corrected chi connectivity index (χ2v) is 6.69. The van der Waals surface area contributed by atoms with Crippen LogP contribution in [0.4, 0.5) is 0 Å². The number of hydrogen-bond acceptors (Lipinski definition) is 3. The van der Waals surface area contributed by atoms with E-state index in [-0.39, 0.29) is 21.5 Å². The normalized spacial score (nSPS) is 11.8. The summed E-state index contributed by atoms with van der Waals surface area (Å²) in [6, 6.07) is 2.63. The average Bonchev–Trinajstić information content (AvgIpc) is 2.34. The van der Waals surface area contributed by atoms with Gasteiger partial charge in [0.15, 0.2) is 0 Å². The Morgan fingerprint density at radius 2 is 1.89 bits per heavy atom. The molecule has 0 aromatic heterocycles. The highest BCUT2D eigenvalue weighted by Crippen LogP contribution is 2.28. The minimum Gasteiger partial charge on any atom is -0.392 e. The standard InChI is InChI=1S/C12H17Cl2NO3S/c1-2-3-4-5-15-19(17,18)12-6-9(8-16)10(13)7-11(12)14/h6-7,15-16H,2-5,8H2,1H3. The van der Waals surface area contributed by atoms with E-state index >= 15 is 0 Å². The molecule has 0 atom stereocenters. The van der Waals surface area contributed by atoms with Gasteiger partial charge >= 0.3 is 0 Å². The predicted molar refractivity (Wildman–Crippen MR) is 77.1 cm³/mol. The van der Waals surface area contributed by atoms with Crippen molar-refractivity contribution in [1.82, 2.24) is 4.72 Å². The third-order valence-corrected chi connectivity index (χ3v) is 4.91. The van der Waals surface area contributed by atoms with E-state index in [2.05, 4.69) is 4.72 Å². The van der Waals surface area contributed by atoms with Crippen LogP contribution >= 0.6 is 23.2 Å². The number of aliphatic hydroxyl groups excluding tert-OH is 1. The fraction of sp³-hybridized carbons (Fsp3) is 0.500. The summed E-state index contributed by atoms with van der Waals surface area (Å²) in [5.74, 6) is 0. The molecule has 0 aliphatic heterocycles. The Bertz CT molecular complexity index is 532. The van der Waals surface area contributed by atoms with Gasteiger partial charge in [-0.15, -0.1) is 0 Å². The van der Waals surface area contributed by atoms with Gasteiger partial charge in [0.1, 0.15) is 4.90 Å². The molecule has 0 fully saturated rings. The number of rotatable bonds is 7. The van der Waals surface area contributed by atoms with Crippen LogP contribution in [0.5, 0.6) is 0 Å². The molecule has 1 aromatic carbocycles. The number of aliphatic hydroxyl groups is 1. The van der Waals surface area contributed by atoms with Crippen molar-refractivity contribution in [3.8, 4) is 0 Å². The predicted octanol–water partition coefficient (Wildman–Crippen LogP) is 2.95. The third kappa shape index (κ3) is 4.61. The van der Waals surface area contributed by atoms with Gasteiger partial charge in [0.2, 0.25) is 10.0 Å². The van der Waals surface area contributed by atoms with E-state index in [0.29, 0.717) is 12.1 Å². The highest BCUT2D eigenvalue weighted by molar-refractivity contribution is 7.89. The summed E-state index contributed by atoms with van der Waals surface area (Å²) in [5, 5.41) is 9.40. The van der Waals surface area contributed by atoms with E-state index in [1.54, 1.807) is 0 Å². The highest BCUT2D eigenvalue weighted by Gasteiger charge is 2.19. The first-order chi connectivity index (χ1) is 8.92. The quantitative estimate of drug-likeness (QED) is 0.757. The number of sulfonamides is 1. The first-order valence-corrected chi connectivity index (χ1v) is 8.24. The lowest BCUT2D eigenvalue weighted by Crippen LogP contribution is -2.25. The molecule has 0 aliphatic carbocycles. The lowest BCUT2D eigenvalue weighted by Gasteiger charge is -2.10. The average molecular weight is 326 g/mol. The zero-order valence-electron chi connectivity index (χ0n) is 10.6. The second kappa shape index (κ2) is 7.45. The Labute approximate surface area is 123 Å². The molecular formula is C12H17Cl2NO3S. The van der Waals surface area contributed by atoms with E-state index in [0.717, 1.165) is 19.3 Å². The lowest BCUT2D eigenvalue weighted by molar-refractivity contribution is 0.281. The summed E-state index contributed by atoms with van der Waals surface area (Å²) in [6.45, 7) is 2.07. The first-order valence-electron chi connectivity index (χ1n) is 6.00. The van der Waals surface area contributed by atoms with Crippen LogP contribution in [0.15, 0.2) is 17.0 Å². The molecule has 0 bridgehead atoms. The van der Waals surface area contributed by atoms with Crippen molar-refractivity contribution in [2.24, 2.45) is 0 Å². The van der Waals surface area contributed by atoms with Crippen LogP contribution in [0.25, 0.3) is 0 Å². The molecule has 0 saturated carbocycles. The SMILES string of the molecule is CCCCCNS(=O)(=O)c1cc(CO)c(Cl)cc1Cl. The minimum atomic E-state index is -3.67. The van der Waals surface area contributed by atoms with E-state index in [9.17, 15) is 8.42 Å². The van der Waals surface area contributed by atoms with Gasteiger partial charge < -0.3 is 5.11 Å². The van der Waals surface area contributed by atoms with Gasteiger partial charge in [-0.1, -0.05) is 43.0 Å². The Balaban J connectivity index is 2.94. The van der Waals surface area contributed by atoms with Crippen LogP contribution in [0.1, 0.15) is 31.7 Å². The molecule has 7 heteroatoms. The molecule has 0 radical (unpaired) electrons. The number of halogens is 2. The molecule has 1 aromatic rings. The van der Waals surface area contributed by atoms with Crippen LogP contribution in [-0.4, -0.2) is 20.1 Å².